The first-order chi connectivity index (χ1) is 10.2. The fourth-order valence-electron chi connectivity index (χ4n) is 3.22. The van der Waals surface area contributed by atoms with Gasteiger partial charge in [0.1, 0.15) is 0 Å². The van der Waals surface area contributed by atoms with Crippen molar-refractivity contribution in [3.63, 3.8) is 0 Å². The van der Waals surface area contributed by atoms with Crippen molar-refractivity contribution < 1.29 is 0 Å². The van der Waals surface area contributed by atoms with Gasteiger partial charge in [-0.2, -0.15) is 0 Å². The monoisotopic (exact) mass is 319 g/mol. The highest BCUT2D eigenvalue weighted by Crippen LogP contribution is 2.36. The highest BCUT2D eigenvalue weighted by atomic mass is 35.5. The lowest BCUT2D eigenvalue weighted by molar-refractivity contribution is 0.443. The third kappa shape index (κ3) is 3.18. The van der Waals surface area contributed by atoms with Crippen LogP contribution >= 0.6 is 22.9 Å². The van der Waals surface area contributed by atoms with Crippen LogP contribution in [-0.4, -0.2) is 0 Å². The molecule has 1 saturated carbocycles. The minimum absolute atomic E-state index is 0.114. The third-order valence-corrected chi connectivity index (χ3v) is 6.38. The van der Waals surface area contributed by atoms with E-state index in [1.807, 2.05) is 6.92 Å². The number of thiophene rings is 1. The second kappa shape index (κ2) is 6.51. The Balaban J connectivity index is 1.78. The van der Waals surface area contributed by atoms with Gasteiger partial charge in [-0.05, 0) is 47.8 Å². The van der Waals surface area contributed by atoms with Gasteiger partial charge in [-0.1, -0.05) is 55.1 Å². The van der Waals surface area contributed by atoms with E-state index in [9.17, 15) is 0 Å². The van der Waals surface area contributed by atoms with Crippen LogP contribution in [0.2, 0.25) is 5.02 Å². The van der Waals surface area contributed by atoms with Crippen molar-refractivity contribution in [1.82, 2.24) is 0 Å². The molecule has 1 aliphatic carbocycles. The number of rotatable bonds is 3. The zero-order chi connectivity index (χ0) is 14.8. The van der Waals surface area contributed by atoms with E-state index in [1.165, 1.54) is 37.7 Å². The topological polar surface area (TPSA) is 26.0 Å². The van der Waals surface area contributed by atoms with Crippen molar-refractivity contribution in [3.8, 4) is 0 Å². The van der Waals surface area contributed by atoms with E-state index < -0.39 is 0 Å². The molecule has 2 aromatic rings. The molecule has 1 aliphatic rings. The van der Waals surface area contributed by atoms with Gasteiger partial charge in [0.2, 0.25) is 0 Å². The number of nitrogens with two attached hydrogens (primary N) is 1. The number of aryl methyl sites for hydroxylation is 1. The largest absolute Gasteiger partial charge is 0.320 e. The summed E-state index contributed by atoms with van der Waals surface area (Å²) < 4.78 is 0. The van der Waals surface area contributed by atoms with Gasteiger partial charge in [-0.3, -0.25) is 0 Å². The van der Waals surface area contributed by atoms with Crippen molar-refractivity contribution in [3.05, 3.63) is 56.2 Å². The molecule has 1 unspecified atom stereocenters. The minimum Gasteiger partial charge on any atom is -0.320 e. The normalized spacial score (nSPS) is 17.9. The van der Waals surface area contributed by atoms with E-state index in [2.05, 4.69) is 29.6 Å². The quantitative estimate of drug-likeness (QED) is 0.759. The maximum atomic E-state index is 6.38. The van der Waals surface area contributed by atoms with E-state index in [4.69, 9.17) is 17.3 Å². The molecule has 1 atom stereocenters. The average Bonchev–Trinajstić information content (AvgIpc) is 2.87. The van der Waals surface area contributed by atoms with Crippen LogP contribution in [0.15, 0.2) is 29.6 Å². The van der Waals surface area contributed by atoms with Crippen molar-refractivity contribution in [2.24, 2.45) is 5.73 Å². The van der Waals surface area contributed by atoms with Crippen LogP contribution in [0.5, 0.6) is 0 Å². The molecule has 1 heterocycles. The summed E-state index contributed by atoms with van der Waals surface area (Å²) >= 11 is 7.99. The predicted octanol–water partition coefficient (Wildman–Crippen LogP) is 5.81. The number of hydrogen-bond donors (Lipinski definition) is 1. The zero-order valence-corrected chi connectivity index (χ0v) is 14.0. The molecule has 112 valence electrons. The smallest absolute Gasteiger partial charge is 0.0661 e. The molecule has 0 aliphatic heterocycles. The summed E-state index contributed by atoms with van der Waals surface area (Å²) in [5, 5.41) is 2.90. The van der Waals surface area contributed by atoms with Gasteiger partial charge in [-0.25, -0.2) is 0 Å². The Morgan fingerprint density at radius 3 is 2.38 bits per heavy atom. The summed E-state index contributed by atoms with van der Waals surface area (Å²) in [6.45, 7) is 2.03. The van der Waals surface area contributed by atoms with Crippen LogP contribution in [0.3, 0.4) is 0 Å². The maximum absolute atomic E-state index is 6.38. The first-order valence-corrected chi connectivity index (χ1v) is 9.01. The Hall–Kier alpha value is -0.830. The van der Waals surface area contributed by atoms with Crippen LogP contribution < -0.4 is 5.73 Å². The summed E-state index contributed by atoms with van der Waals surface area (Å²) in [5.74, 6) is 0.747. The first kappa shape index (κ1) is 15.1. The third-order valence-electron chi connectivity index (χ3n) is 4.58. The Labute approximate surface area is 136 Å². The van der Waals surface area contributed by atoms with E-state index in [1.54, 1.807) is 11.3 Å². The lowest BCUT2D eigenvalue weighted by Crippen LogP contribution is -2.11. The fraction of sp³-hybridized carbons (Fsp3) is 0.444. The Kier molecular flexibility index (Phi) is 4.68. The minimum atomic E-state index is -0.114. The average molecular weight is 320 g/mol. The molecule has 0 amide bonds. The van der Waals surface area contributed by atoms with Crippen LogP contribution in [0.4, 0.5) is 0 Å². The van der Waals surface area contributed by atoms with Gasteiger partial charge in [0.15, 0.2) is 0 Å². The van der Waals surface area contributed by atoms with Gasteiger partial charge >= 0.3 is 0 Å². The maximum Gasteiger partial charge on any atom is 0.0661 e. The molecular weight excluding hydrogens is 298 g/mol. The summed E-state index contributed by atoms with van der Waals surface area (Å²) in [6, 6.07) is 8.77. The Morgan fingerprint density at radius 1 is 1.14 bits per heavy atom. The molecule has 3 heteroatoms. The second-order valence-corrected chi connectivity index (χ2v) is 7.37. The molecule has 3 rings (SSSR count). The summed E-state index contributed by atoms with van der Waals surface area (Å²) in [7, 11) is 0. The van der Waals surface area contributed by atoms with Crippen LogP contribution in [0.25, 0.3) is 0 Å². The van der Waals surface area contributed by atoms with Gasteiger partial charge in [0, 0.05) is 4.88 Å². The molecule has 21 heavy (non-hydrogen) atoms. The van der Waals surface area contributed by atoms with Gasteiger partial charge in [0.05, 0.1) is 11.1 Å². The molecule has 1 nitrogen and oxygen atoms in total. The molecule has 1 aromatic heterocycles. The highest BCUT2D eigenvalue weighted by molar-refractivity contribution is 7.10. The lowest BCUT2D eigenvalue weighted by Gasteiger charge is -2.22. The Bertz CT molecular complexity index is 596. The second-order valence-electron chi connectivity index (χ2n) is 6.08. The van der Waals surface area contributed by atoms with E-state index >= 15 is 0 Å². The Morgan fingerprint density at radius 2 is 1.81 bits per heavy atom. The number of benzene rings is 1. The molecule has 1 fully saturated rings. The summed E-state index contributed by atoms with van der Waals surface area (Å²) in [5.41, 5.74) is 10.1. The van der Waals surface area contributed by atoms with Crippen molar-refractivity contribution in [2.45, 2.75) is 51.0 Å². The van der Waals surface area contributed by atoms with Gasteiger partial charge in [-0.15, -0.1) is 11.3 Å². The van der Waals surface area contributed by atoms with E-state index in [0.29, 0.717) is 0 Å². The molecular formula is C18H22ClNS. The zero-order valence-electron chi connectivity index (χ0n) is 12.4. The summed E-state index contributed by atoms with van der Waals surface area (Å²) in [6.07, 6.45) is 6.81. The predicted molar refractivity (Wildman–Crippen MR) is 92.4 cm³/mol. The lowest BCUT2D eigenvalue weighted by atomic mass is 9.83. The van der Waals surface area contributed by atoms with E-state index in [0.717, 1.165) is 26.9 Å². The van der Waals surface area contributed by atoms with E-state index in [-0.39, 0.29) is 6.04 Å². The van der Waals surface area contributed by atoms with Gasteiger partial charge in [0.25, 0.3) is 0 Å². The molecule has 2 N–H and O–H groups in total. The van der Waals surface area contributed by atoms with Crippen molar-refractivity contribution in [1.29, 1.82) is 0 Å². The SMILES string of the molecule is Cc1csc(C(N)c2ccc(C3CCCCC3)cc2)c1Cl. The van der Waals surface area contributed by atoms with Crippen LogP contribution in [0, 0.1) is 6.92 Å². The standard InChI is InChI=1S/C18H22ClNS/c1-12-11-21-18(16(12)19)17(20)15-9-7-14(8-10-15)13-5-3-2-4-6-13/h7-11,13,17H,2-6,20H2,1H3. The highest BCUT2D eigenvalue weighted by Gasteiger charge is 2.18. The molecule has 0 saturated heterocycles. The first-order valence-electron chi connectivity index (χ1n) is 7.75. The number of halogens is 1. The molecule has 1 aromatic carbocycles. The molecule has 0 bridgehead atoms. The number of hydrogen-bond acceptors (Lipinski definition) is 2. The van der Waals surface area contributed by atoms with Crippen molar-refractivity contribution >= 4 is 22.9 Å². The molecule has 0 spiro atoms. The summed E-state index contributed by atoms with van der Waals surface area (Å²) in [4.78, 5) is 1.07. The fourth-order valence-corrected chi connectivity index (χ4v) is 4.56. The molecule has 0 radical (unpaired) electrons. The van der Waals surface area contributed by atoms with Crippen LogP contribution in [-0.2, 0) is 0 Å². The van der Waals surface area contributed by atoms with Crippen LogP contribution in [0.1, 0.15) is 65.6 Å². The van der Waals surface area contributed by atoms with Gasteiger partial charge < -0.3 is 5.73 Å². The van der Waals surface area contributed by atoms with Crippen molar-refractivity contribution in [2.75, 3.05) is 0 Å².